The Labute approximate surface area is 151 Å². The zero-order chi connectivity index (χ0) is 17.9. The molecule has 4 rings (SSSR count). The van der Waals surface area contributed by atoms with Crippen LogP contribution in [0.1, 0.15) is 28.3 Å². The Bertz CT molecular complexity index is 903. The van der Waals surface area contributed by atoms with Gasteiger partial charge in [0.2, 0.25) is 5.88 Å². The van der Waals surface area contributed by atoms with Crippen molar-refractivity contribution in [2.24, 2.45) is 0 Å². The summed E-state index contributed by atoms with van der Waals surface area (Å²) in [5, 5.41) is 3.09. The quantitative estimate of drug-likeness (QED) is 0.786. The van der Waals surface area contributed by atoms with Crippen LogP contribution in [0.25, 0.3) is 0 Å². The fourth-order valence-electron chi connectivity index (χ4n) is 3.16. The molecule has 0 saturated heterocycles. The van der Waals surface area contributed by atoms with Gasteiger partial charge in [-0.25, -0.2) is 9.97 Å². The van der Waals surface area contributed by atoms with Gasteiger partial charge in [0.05, 0.1) is 11.3 Å². The van der Waals surface area contributed by atoms with Crippen LogP contribution in [0, 0.1) is 6.92 Å². The standard InChI is InChI=1S/C20H20N4O2/c1-14-12-24-13-16(8-9-18(24)22-14)23-20(25)15-7-10-19(21-11-15)26-17-5-3-2-4-6-17/h2-7,10-12,16H,8-9,13H2,1H3,(H,23,25)/t16-/m0/s1. The second-order valence-electron chi connectivity index (χ2n) is 6.46. The fourth-order valence-corrected chi connectivity index (χ4v) is 3.16. The van der Waals surface area contributed by atoms with Crippen LogP contribution in [0.15, 0.2) is 54.9 Å². The third-order valence-corrected chi connectivity index (χ3v) is 4.41. The summed E-state index contributed by atoms with van der Waals surface area (Å²) < 4.78 is 7.78. The minimum atomic E-state index is -0.117. The lowest BCUT2D eigenvalue weighted by atomic mass is 10.1. The predicted octanol–water partition coefficient (Wildman–Crippen LogP) is 3.12. The summed E-state index contributed by atoms with van der Waals surface area (Å²) in [5.74, 6) is 2.15. The molecule has 1 aromatic carbocycles. The molecule has 1 amide bonds. The largest absolute Gasteiger partial charge is 0.439 e. The summed E-state index contributed by atoms with van der Waals surface area (Å²) in [7, 11) is 0. The number of hydrogen-bond donors (Lipinski definition) is 1. The molecule has 3 heterocycles. The lowest BCUT2D eigenvalue weighted by Gasteiger charge is -2.24. The topological polar surface area (TPSA) is 69.0 Å². The van der Waals surface area contributed by atoms with Crippen molar-refractivity contribution >= 4 is 5.91 Å². The number of carbonyl (C=O) groups is 1. The van der Waals surface area contributed by atoms with E-state index >= 15 is 0 Å². The lowest BCUT2D eigenvalue weighted by molar-refractivity contribution is 0.0927. The van der Waals surface area contributed by atoms with Gasteiger partial charge in [-0.15, -0.1) is 0 Å². The molecule has 0 radical (unpaired) electrons. The average Bonchev–Trinajstić information content (AvgIpc) is 3.02. The van der Waals surface area contributed by atoms with Crippen LogP contribution in [0.2, 0.25) is 0 Å². The zero-order valence-corrected chi connectivity index (χ0v) is 14.6. The molecular weight excluding hydrogens is 328 g/mol. The Morgan fingerprint density at radius 3 is 2.85 bits per heavy atom. The molecule has 2 aromatic heterocycles. The van der Waals surface area contributed by atoms with Gasteiger partial charge >= 0.3 is 0 Å². The number of benzene rings is 1. The lowest BCUT2D eigenvalue weighted by Crippen LogP contribution is -2.40. The van der Waals surface area contributed by atoms with Crippen LogP contribution >= 0.6 is 0 Å². The van der Waals surface area contributed by atoms with E-state index in [0.29, 0.717) is 17.2 Å². The van der Waals surface area contributed by atoms with Crippen LogP contribution in [0.5, 0.6) is 11.6 Å². The number of nitrogens with zero attached hydrogens (tertiary/aromatic N) is 3. The minimum Gasteiger partial charge on any atom is -0.439 e. The van der Waals surface area contributed by atoms with E-state index in [9.17, 15) is 4.79 Å². The monoisotopic (exact) mass is 348 g/mol. The number of hydrogen-bond acceptors (Lipinski definition) is 4. The maximum atomic E-state index is 12.5. The zero-order valence-electron chi connectivity index (χ0n) is 14.6. The molecule has 1 aliphatic heterocycles. The van der Waals surface area contributed by atoms with Gasteiger partial charge in [-0.1, -0.05) is 18.2 Å². The summed E-state index contributed by atoms with van der Waals surface area (Å²) in [6.45, 7) is 2.74. The molecule has 132 valence electrons. The summed E-state index contributed by atoms with van der Waals surface area (Å²) in [5.41, 5.74) is 1.54. The van der Waals surface area contributed by atoms with Crippen molar-refractivity contribution in [2.75, 3.05) is 0 Å². The van der Waals surface area contributed by atoms with Gasteiger partial charge in [0.15, 0.2) is 0 Å². The van der Waals surface area contributed by atoms with Gasteiger partial charge in [-0.2, -0.15) is 0 Å². The normalized spacial score (nSPS) is 16.0. The number of nitrogens with one attached hydrogen (secondary N) is 1. The molecule has 0 aliphatic carbocycles. The van der Waals surface area contributed by atoms with Crippen molar-refractivity contribution in [2.45, 2.75) is 32.4 Å². The third kappa shape index (κ3) is 3.59. The molecule has 1 aliphatic rings. The molecule has 0 spiro atoms. The van der Waals surface area contributed by atoms with Crippen molar-refractivity contribution < 1.29 is 9.53 Å². The number of ether oxygens (including phenoxy) is 1. The van der Waals surface area contributed by atoms with Crippen molar-refractivity contribution in [1.29, 1.82) is 0 Å². The van der Waals surface area contributed by atoms with E-state index in [1.165, 1.54) is 0 Å². The molecule has 0 bridgehead atoms. The van der Waals surface area contributed by atoms with Crippen molar-refractivity contribution in [3.63, 3.8) is 0 Å². The number of aryl methyl sites for hydroxylation is 2. The second-order valence-corrected chi connectivity index (χ2v) is 6.46. The Kier molecular flexibility index (Phi) is 4.39. The Balaban J connectivity index is 1.38. The number of carbonyl (C=O) groups excluding carboxylic acids is 1. The SMILES string of the molecule is Cc1cn2c(n1)CC[C@H](NC(=O)c1ccc(Oc3ccccc3)nc1)C2. The molecule has 26 heavy (non-hydrogen) atoms. The second kappa shape index (κ2) is 7.00. The number of rotatable bonds is 4. The minimum absolute atomic E-state index is 0.101. The van der Waals surface area contributed by atoms with E-state index in [-0.39, 0.29) is 11.9 Å². The average molecular weight is 348 g/mol. The third-order valence-electron chi connectivity index (χ3n) is 4.41. The van der Waals surface area contributed by atoms with E-state index in [1.807, 2.05) is 43.5 Å². The van der Waals surface area contributed by atoms with Gasteiger partial charge in [0, 0.05) is 37.5 Å². The molecule has 1 atom stereocenters. The highest BCUT2D eigenvalue weighted by molar-refractivity contribution is 5.94. The number of amides is 1. The summed E-state index contributed by atoms with van der Waals surface area (Å²) in [6.07, 6.45) is 5.35. The van der Waals surface area contributed by atoms with E-state index < -0.39 is 0 Å². The van der Waals surface area contributed by atoms with E-state index in [4.69, 9.17) is 4.74 Å². The maximum Gasteiger partial charge on any atom is 0.253 e. The molecule has 1 N–H and O–H groups in total. The van der Waals surface area contributed by atoms with Crippen molar-refractivity contribution in [3.8, 4) is 11.6 Å². The Hall–Kier alpha value is -3.15. The van der Waals surface area contributed by atoms with E-state index in [0.717, 1.165) is 30.9 Å². The molecule has 6 heteroatoms. The van der Waals surface area contributed by atoms with Crippen LogP contribution < -0.4 is 10.1 Å². The van der Waals surface area contributed by atoms with Gasteiger partial charge in [-0.3, -0.25) is 4.79 Å². The molecular formula is C20H20N4O2. The van der Waals surface area contributed by atoms with E-state index in [2.05, 4.69) is 19.9 Å². The Morgan fingerprint density at radius 2 is 2.08 bits per heavy atom. The highest BCUT2D eigenvalue weighted by Crippen LogP contribution is 2.19. The van der Waals surface area contributed by atoms with Crippen molar-refractivity contribution in [3.05, 3.63) is 71.9 Å². The van der Waals surface area contributed by atoms with Crippen LogP contribution in [0.3, 0.4) is 0 Å². The molecule has 0 fully saturated rings. The van der Waals surface area contributed by atoms with Gasteiger partial charge in [0.25, 0.3) is 5.91 Å². The molecule has 0 unspecified atom stereocenters. The van der Waals surface area contributed by atoms with Gasteiger partial charge in [-0.05, 0) is 31.5 Å². The van der Waals surface area contributed by atoms with Crippen LogP contribution in [-0.4, -0.2) is 26.5 Å². The van der Waals surface area contributed by atoms with Gasteiger partial charge in [0.1, 0.15) is 11.6 Å². The van der Waals surface area contributed by atoms with Crippen molar-refractivity contribution in [1.82, 2.24) is 19.9 Å². The number of pyridine rings is 1. The smallest absolute Gasteiger partial charge is 0.253 e. The van der Waals surface area contributed by atoms with Gasteiger partial charge < -0.3 is 14.6 Å². The number of aromatic nitrogens is 3. The highest BCUT2D eigenvalue weighted by atomic mass is 16.5. The number of imidazole rings is 1. The fraction of sp³-hybridized carbons (Fsp3) is 0.250. The molecule has 3 aromatic rings. The first-order valence-corrected chi connectivity index (χ1v) is 8.70. The first-order valence-electron chi connectivity index (χ1n) is 8.70. The molecule has 6 nitrogen and oxygen atoms in total. The predicted molar refractivity (Wildman–Crippen MR) is 97.3 cm³/mol. The summed E-state index contributed by atoms with van der Waals surface area (Å²) >= 11 is 0. The first-order chi connectivity index (χ1) is 12.7. The first kappa shape index (κ1) is 16.3. The number of fused-ring (bicyclic) bond motifs is 1. The summed E-state index contributed by atoms with van der Waals surface area (Å²) in [6, 6.07) is 13.0. The number of para-hydroxylation sites is 1. The van der Waals surface area contributed by atoms with Crippen LogP contribution in [-0.2, 0) is 13.0 Å². The molecule has 0 saturated carbocycles. The van der Waals surface area contributed by atoms with E-state index in [1.54, 1.807) is 18.3 Å². The van der Waals surface area contributed by atoms with Crippen LogP contribution in [0.4, 0.5) is 0 Å². The highest BCUT2D eigenvalue weighted by Gasteiger charge is 2.21. The summed E-state index contributed by atoms with van der Waals surface area (Å²) in [4.78, 5) is 21.2. The maximum absolute atomic E-state index is 12.5. The Morgan fingerprint density at radius 1 is 1.23 bits per heavy atom.